The maximum absolute atomic E-state index is 4.29. The lowest BCUT2D eigenvalue weighted by atomic mass is 10.2. The predicted molar refractivity (Wildman–Crippen MR) is 144 cm³/mol. The van der Waals surface area contributed by atoms with Crippen molar-refractivity contribution in [3.05, 3.63) is 33.3 Å². The van der Waals surface area contributed by atoms with Crippen molar-refractivity contribution in [2.45, 2.75) is 84.0 Å². The molecular formula is C22H30N2S6. The molecule has 2 nitrogen and oxygen atoms in total. The monoisotopic (exact) mass is 514 g/mol. The molecule has 2 aromatic heterocycles. The van der Waals surface area contributed by atoms with Crippen LogP contribution in [0.1, 0.15) is 51.4 Å². The molecule has 0 aliphatic carbocycles. The van der Waals surface area contributed by atoms with Gasteiger partial charge in [0.1, 0.15) is 0 Å². The minimum absolute atomic E-state index is 1.02. The first-order valence-electron chi connectivity index (χ1n) is 10.8. The van der Waals surface area contributed by atoms with Crippen LogP contribution in [-0.4, -0.2) is 20.6 Å². The molecule has 0 amide bonds. The molecule has 0 spiro atoms. The van der Waals surface area contributed by atoms with E-state index >= 15 is 0 Å². The van der Waals surface area contributed by atoms with E-state index in [1.54, 1.807) is 0 Å². The summed E-state index contributed by atoms with van der Waals surface area (Å²) >= 11 is 16.4. The summed E-state index contributed by atoms with van der Waals surface area (Å²) in [5.41, 5.74) is 0. The van der Waals surface area contributed by atoms with Crippen LogP contribution in [0.3, 0.4) is 0 Å². The van der Waals surface area contributed by atoms with Crippen LogP contribution in [0.4, 0.5) is 0 Å². The van der Waals surface area contributed by atoms with Crippen LogP contribution < -0.4 is 0 Å². The Labute approximate surface area is 209 Å². The van der Waals surface area contributed by atoms with Gasteiger partial charge in [-0.1, -0.05) is 72.7 Å². The second-order valence-corrected chi connectivity index (χ2v) is 13.3. The van der Waals surface area contributed by atoms with Gasteiger partial charge >= 0.3 is 0 Å². The quantitative estimate of drug-likeness (QED) is 0.217. The lowest BCUT2D eigenvalue weighted by Crippen LogP contribution is -1.94. The van der Waals surface area contributed by atoms with Gasteiger partial charge in [-0.15, -0.1) is 0 Å². The van der Waals surface area contributed by atoms with Gasteiger partial charge in [0, 0.05) is 57.5 Å². The second-order valence-electron chi connectivity index (χ2n) is 7.71. The molecule has 0 radical (unpaired) electrons. The first kappa shape index (κ1) is 23.6. The van der Waals surface area contributed by atoms with Crippen molar-refractivity contribution in [3.63, 3.8) is 0 Å². The molecule has 0 aromatic carbocycles. The maximum Gasteiger partial charge on any atom is 0.0707 e. The van der Waals surface area contributed by atoms with E-state index in [0.717, 1.165) is 24.6 Å². The fourth-order valence-corrected chi connectivity index (χ4v) is 9.48. The summed E-state index contributed by atoms with van der Waals surface area (Å²) in [7, 11) is 0. The van der Waals surface area contributed by atoms with Crippen LogP contribution >= 0.6 is 72.3 Å². The van der Waals surface area contributed by atoms with Crippen molar-refractivity contribution in [2.24, 2.45) is 0 Å². The number of hydrogen-bond donors (Lipinski definition) is 2. The molecule has 0 N–H and O–H groups in total. The second kappa shape index (κ2) is 12.0. The van der Waals surface area contributed by atoms with E-state index in [0.29, 0.717) is 0 Å². The minimum Gasteiger partial charge on any atom is -0.352 e. The molecule has 0 unspecified atom stereocenters. The molecule has 2 aliphatic rings. The van der Waals surface area contributed by atoms with Gasteiger partial charge in [0.05, 0.1) is 8.47 Å². The Kier molecular flexibility index (Phi) is 9.44. The molecule has 4 heterocycles. The predicted octanol–water partition coefficient (Wildman–Crippen LogP) is 8.49. The summed E-state index contributed by atoms with van der Waals surface area (Å²) in [4.78, 5) is 5.73. The topological polar surface area (TPSA) is 9.86 Å². The summed E-state index contributed by atoms with van der Waals surface area (Å²) in [5.74, 6) is 2.03. The summed E-state index contributed by atoms with van der Waals surface area (Å²) in [6.07, 6.45) is 19.6. The van der Waals surface area contributed by atoms with Gasteiger partial charge in [-0.05, 0) is 37.2 Å². The third-order valence-electron chi connectivity index (χ3n) is 5.24. The molecule has 0 atom stereocenters. The molecule has 30 heavy (non-hydrogen) atoms. The van der Waals surface area contributed by atoms with Crippen LogP contribution in [0.15, 0.2) is 52.8 Å². The van der Waals surface area contributed by atoms with Crippen LogP contribution in [0, 0.1) is 0 Å². The Hall–Kier alpha value is 0.400. The minimum atomic E-state index is 1.02. The van der Waals surface area contributed by atoms with Crippen molar-refractivity contribution in [1.82, 2.24) is 9.13 Å². The highest BCUT2D eigenvalue weighted by Gasteiger charge is 2.28. The molecular weight excluding hydrogens is 485 g/mol. The fraction of sp³-hybridized carbons (Fsp3) is 0.545. The highest BCUT2D eigenvalue weighted by atomic mass is 32.2. The number of hydrogen-bond acceptors (Lipinski definition) is 6. The van der Waals surface area contributed by atoms with E-state index < -0.39 is 0 Å². The van der Waals surface area contributed by atoms with Gasteiger partial charge in [-0.3, -0.25) is 0 Å². The van der Waals surface area contributed by atoms with Crippen LogP contribution in [-0.2, 0) is 13.1 Å². The number of nitrogens with zero attached hydrogens (tertiary/aromatic N) is 2. The Morgan fingerprint density at radius 1 is 0.500 bits per heavy atom. The number of thioether (sulfide) groups is 4. The van der Waals surface area contributed by atoms with E-state index in [4.69, 9.17) is 0 Å². The van der Waals surface area contributed by atoms with Gasteiger partial charge in [-0.2, -0.15) is 25.3 Å². The number of unbranched alkanes of at least 4 members (excludes halogenated alkanes) is 6. The molecule has 0 saturated heterocycles. The van der Waals surface area contributed by atoms with Crippen molar-refractivity contribution < 1.29 is 0 Å². The van der Waals surface area contributed by atoms with Crippen molar-refractivity contribution >= 4 is 72.3 Å². The van der Waals surface area contributed by atoms with E-state index in [2.05, 4.69) is 59.2 Å². The van der Waals surface area contributed by atoms with Crippen LogP contribution in [0.2, 0.25) is 0 Å². The molecule has 0 fully saturated rings. The Balaban J connectivity index is 1.25. The maximum atomic E-state index is 4.29. The Morgan fingerprint density at radius 2 is 0.833 bits per heavy atom. The third-order valence-corrected chi connectivity index (χ3v) is 11.4. The lowest BCUT2D eigenvalue weighted by Gasteiger charge is -2.05. The molecule has 0 saturated carbocycles. The van der Waals surface area contributed by atoms with E-state index in [1.165, 1.54) is 79.4 Å². The smallest absolute Gasteiger partial charge is 0.0707 e. The van der Waals surface area contributed by atoms with Gasteiger partial charge in [0.25, 0.3) is 0 Å². The summed E-state index contributed by atoms with van der Waals surface area (Å²) < 4.78 is 7.70. The molecule has 4 rings (SSSR count). The van der Waals surface area contributed by atoms with E-state index in [1.807, 2.05) is 47.0 Å². The largest absolute Gasteiger partial charge is 0.352 e. The third kappa shape index (κ3) is 6.25. The Bertz CT molecular complexity index is 748. The number of rotatable bonds is 12. The van der Waals surface area contributed by atoms with Gasteiger partial charge in [0.2, 0.25) is 0 Å². The number of thiol groups is 2. The van der Waals surface area contributed by atoms with E-state index in [-0.39, 0.29) is 0 Å². The molecule has 2 aliphatic heterocycles. The fourth-order valence-electron chi connectivity index (χ4n) is 3.62. The highest BCUT2D eigenvalue weighted by Crippen LogP contribution is 2.61. The number of aryl methyl sites for hydroxylation is 2. The molecule has 8 heteroatoms. The zero-order valence-electron chi connectivity index (χ0n) is 17.2. The van der Waals surface area contributed by atoms with Gasteiger partial charge in [0.15, 0.2) is 0 Å². The summed E-state index contributed by atoms with van der Waals surface area (Å²) in [6.45, 7) is 2.28. The van der Waals surface area contributed by atoms with Crippen molar-refractivity contribution in [1.29, 1.82) is 0 Å². The normalized spacial score (nSPS) is 15.3. The zero-order chi connectivity index (χ0) is 20.8. The first-order chi connectivity index (χ1) is 14.8. The SMILES string of the molecule is SCCCCCCn1cc2c(c1)SC(=C1Sc3cn(CCCCCCS)cc3S1)S2. The van der Waals surface area contributed by atoms with Crippen LogP contribution in [0.25, 0.3) is 0 Å². The van der Waals surface area contributed by atoms with Crippen molar-refractivity contribution in [3.8, 4) is 0 Å². The van der Waals surface area contributed by atoms with Crippen LogP contribution in [0.5, 0.6) is 0 Å². The molecule has 0 bridgehead atoms. The zero-order valence-corrected chi connectivity index (χ0v) is 22.3. The lowest BCUT2D eigenvalue weighted by molar-refractivity contribution is 0.584. The average Bonchev–Trinajstić information content (AvgIpc) is 3.46. The summed E-state index contributed by atoms with van der Waals surface area (Å²) in [6, 6.07) is 0. The van der Waals surface area contributed by atoms with Gasteiger partial charge in [-0.25, -0.2) is 0 Å². The first-order valence-corrected chi connectivity index (χ1v) is 15.4. The standard InChI is InChI=1S/C22H30N2S6/c25-11-7-3-1-5-9-23-13-17-18(14-23)28-21(27-17)22-29-19-15-24(16-20(19)30-22)10-6-2-4-8-12-26/h13-16,25-26H,1-12H2. The van der Waals surface area contributed by atoms with Gasteiger partial charge < -0.3 is 9.13 Å². The molecule has 2 aromatic rings. The number of fused-ring (bicyclic) bond motifs is 2. The molecule has 164 valence electrons. The average molecular weight is 515 g/mol. The Morgan fingerprint density at radius 3 is 1.17 bits per heavy atom. The van der Waals surface area contributed by atoms with E-state index in [9.17, 15) is 0 Å². The highest BCUT2D eigenvalue weighted by molar-refractivity contribution is 8.30. The van der Waals surface area contributed by atoms with Crippen molar-refractivity contribution in [2.75, 3.05) is 11.5 Å². The summed E-state index contributed by atoms with van der Waals surface area (Å²) in [5, 5.41) is 0. The number of aromatic nitrogens is 2.